The van der Waals surface area contributed by atoms with Gasteiger partial charge in [0, 0.05) is 0 Å². The van der Waals surface area contributed by atoms with Gasteiger partial charge in [0.1, 0.15) is 11.9 Å². The van der Waals surface area contributed by atoms with Crippen LogP contribution in [0.3, 0.4) is 0 Å². The van der Waals surface area contributed by atoms with Crippen LogP contribution in [0.2, 0.25) is 0 Å². The maximum atomic E-state index is 12.1. The molecule has 1 unspecified atom stereocenters. The van der Waals surface area contributed by atoms with E-state index in [2.05, 4.69) is 4.74 Å². The molecule has 1 atom stereocenters. The quantitative estimate of drug-likeness (QED) is 0.784. The molecule has 0 bridgehead atoms. The summed E-state index contributed by atoms with van der Waals surface area (Å²) in [5.74, 6) is -0.416. The predicted molar refractivity (Wildman–Crippen MR) is 62.1 cm³/mol. The first kappa shape index (κ1) is 15.8. The van der Waals surface area contributed by atoms with E-state index < -0.39 is 28.3 Å². The maximum absolute atomic E-state index is 12.1. The lowest BCUT2D eigenvalue weighted by molar-refractivity contribution is -0.274. The van der Waals surface area contributed by atoms with Crippen LogP contribution in [0.1, 0.15) is 25.0 Å². The van der Waals surface area contributed by atoms with Crippen molar-refractivity contribution in [1.82, 2.24) is 0 Å². The van der Waals surface area contributed by atoms with Gasteiger partial charge in [-0.05, 0) is 24.1 Å². The minimum atomic E-state index is -4.79. The summed E-state index contributed by atoms with van der Waals surface area (Å²) in [6.07, 6.45) is -4.46. The van der Waals surface area contributed by atoms with E-state index in [9.17, 15) is 21.6 Å². The van der Waals surface area contributed by atoms with Gasteiger partial charge in [0.25, 0.3) is 10.1 Å². The fourth-order valence-electron chi connectivity index (χ4n) is 1.48. The van der Waals surface area contributed by atoms with Gasteiger partial charge in [-0.25, -0.2) is 0 Å². The highest BCUT2D eigenvalue weighted by molar-refractivity contribution is 7.86. The van der Waals surface area contributed by atoms with E-state index in [1.165, 1.54) is 12.1 Å². The standard InChI is InChI=1S/C11H13F3O4S/c1-3-10(18-19(2,15)16)8-5-4-6-9(7-8)17-11(12,13)14/h4-7,10H,3H2,1-2H3. The molecule has 0 aliphatic rings. The van der Waals surface area contributed by atoms with Gasteiger partial charge in [0.15, 0.2) is 0 Å². The van der Waals surface area contributed by atoms with Crippen molar-refractivity contribution in [2.45, 2.75) is 25.8 Å². The fraction of sp³-hybridized carbons (Fsp3) is 0.455. The molecule has 8 heteroatoms. The Labute approximate surface area is 109 Å². The average Bonchev–Trinajstić information content (AvgIpc) is 2.22. The zero-order valence-corrected chi connectivity index (χ0v) is 11.1. The molecule has 0 aromatic heterocycles. The molecular formula is C11H13F3O4S. The van der Waals surface area contributed by atoms with Gasteiger partial charge in [-0.1, -0.05) is 19.1 Å². The molecule has 0 radical (unpaired) electrons. The van der Waals surface area contributed by atoms with Crippen LogP contribution in [0.25, 0.3) is 0 Å². The molecule has 4 nitrogen and oxygen atoms in total. The Hall–Kier alpha value is -1.28. The Balaban J connectivity index is 2.96. The summed E-state index contributed by atoms with van der Waals surface area (Å²) >= 11 is 0. The van der Waals surface area contributed by atoms with Crippen molar-refractivity contribution >= 4 is 10.1 Å². The van der Waals surface area contributed by atoms with Gasteiger partial charge < -0.3 is 4.74 Å². The van der Waals surface area contributed by atoms with Crippen LogP contribution in [0, 0.1) is 0 Å². The molecule has 0 spiro atoms. The summed E-state index contributed by atoms with van der Waals surface area (Å²) in [6.45, 7) is 1.66. The SMILES string of the molecule is CCC(OS(C)(=O)=O)c1cccc(OC(F)(F)F)c1. The molecule has 0 saturated carbocycles. The van der Waals surface area contributed by atoms with Crippen molar-refractivity contribution < 1.29 is 30.5 Å². The zero-order chi connectivity index (χ0) is 14.7. The molecular weight excluding hydrogens is 285 g/mol. The molecule has 0 N–H and O–H groups in total. The number of hydrogen-bond acceptors (Lipinski definition) is 4. The van der Waals surface area contributed by atoms with E-state index in [4.69, 9.17) is 4.18 Å². The summed E-state index contributed by atoms with van der Waals surface area (Å²) < 4.78 is 66.9. The molecule has 0 amide bonds. The third-order valence-corrected chi connectivity index (χ3v) is 2.71. The van der Waals surface area contributed by atoms with Crippen LogP contribution in [0.4, 0.5) is 13.2 Å². The molecule has 0 fully saturated rings. The van der Waals surface area contributed by atoms with Gasteiger partial charge >= 0.3 is 6.36 Å². The van der Waals surface area contributed by atoms with E-state index in [-0.39, 0.29) is 0 Å². The number of alkyl halides is 3. The number of halogens is 3. The smallest absolute Gasteiger partial charge is 0.406 e. The molecule has 108 valence electrons. The maximum Gasteiger partial charge on any atom is 0.573 e. The molecule has 1 aromatic rings. The summed E-state index contributed by atoms with van der Waals surface area (Å²) in [4.78, 5) is 0. The highest BCUT2D eigenvalue weighted by atomic mass is 32.2. The second-order valence-electron chi connectivity index (χ2n) is 3.82. The largest absolute Gasteiger partial charge is 0.573 e. The van der Waals surface area contributed by atoms with Gasteiger partial charge in [-0.2, -0.15) is 8.42 Å². The second-order valence-corrected chi connectivity index (χ2v) is 5.42. The minimum absolute atomic E-state index is 0.294. The Bertz CT molecular complexity index is 525. The molecule has 1 rings (SSSR count). The molecule has 0 saturated heterocycles. The van der Waals surface area contributed by atoms with E-state index in [1.807, 2.05) is 0 Å². The first-order chi connectivity index (χ1) is 8.61. The van der Waals surface area contributed by atoms with Crippen molar-refractivity contribution in [1.29, 1.82) is 0 Å². The van der Waals surface area contributed by atoms with Crippen molar-refractivity contribution in [3.8, 4) is 5.75 Å². The normalized spacial score (nSPS) is 14.2. The number of rotatable bonds is 5. The monoisotopic (exact) mass is 298 g/mol. The Morgan fingerprint density at radius 2 is 1.95 bits per heavy atom. The minimum Gasteiger partial charge on any atom is -0.406 e. The third-order valence-electron chi connectivity index (χ3n) is 2.13. The number of hydrogen-bond donors (Lipinski definition) is 0. The molecule has 0 aliphatic heterocycles. The molecule has 0 heterocycles. The van der Waals surface area contributed by atoms with E-state index >= 15 is 0 Å². The molecule has 19 heavy (non-hydrogen) atoms. The lowest BCUT2D eigenvalue weighted by Gasteiger charge is -2.16. The van der Waals surface area contributed by atoms with Crippen LogP contribution >= 0.6 is 0 Å². The van der Waals surface area contributed by atoms with E-state index in [0.29, 0.717) is 12.0 Å². The van der Waals surface area contributed by atoms with Gasteiger partial charge in [0.2, 0.25) is 0 Å². The van der Waals surface area contributed by atoms with Crippen LogP contribution in [-0.4, -0.2) is 21.0 Å². The van der Waals surface area contributed by atoms with Gasteiger partial charge in [0.05, 0.1) is 6.26 Å². The first-order valence-corrected chi connectivity index (χ1v) is 7.16. The summed E-state index contributed by atoms with van der Waals surface area (Å²) in [5, 5.41) is 0. The van der Waals surface area contributed by atoms with E-state index in [0.717, 1.165) is 18.4 Å². The van der Waals surface area contributed by atoms with Crippen LogP contribution in [0.5, 0.6) is 5.75 Å². The van der Waals surface area contributed by atoms with Crippen LogP contribution < -0.4 is 4.74 Å². The van der Waals surface area contributed by atoms with Crippen molar-refractivity contribution in [3.05, 3.63) is 29.8 Å². The number of benzene rings is 1. The summed E-state index contributed by atoms with van der Waals surface area (Å²) in [6, 6.07) is 5.05. The van der Waals surface area contributed by atoms with Gasteiger partial charge in [-0.3, -0.25) is 4.18 Å². The second kappa shape index (κ2) is 5.79. The lowest BCUT2D eigenvalue weighted by Crippen LogP contribution is -2.17. The Kier molecular flexibility index (Phi) is 4.81. The van der Waals surface area contributed by atoms with Crippen molar-refractivity contribution in [3.63, 3.8) is 0 Å². The zero-order valence-electron chi connectivity index (χ0n) is 10.3. The highest BCUT2D eigenvalue weighted by Gasteiger charge is 2.31. The topological polar surface area (TPSA) is 52.6 Å². The van der Waals surface area contributed by atoms with Crippen molar-refractivity contribution in [2.75, 3.05) is 6.26 Å². The van der Waals surface area contributed by atoms with Crippen LogP contribution in [0.15, 0.2) is 24.3 Å². The Morgan fingerprint density at radius 1 is 1.32 bits per heavy atom. The van der Waals surface area contributed by atoms with E-state index in [1.54, 1.807) is 6.92 Å². The highest BCUT2D eigenvalue weighted by Crippen LogP contribution is 2.28. The Morgan fingerprint density at radius 3 is 2.42 bits per heavy atom. The summed E-state index contributed by atoms with van der Waals surface area (Å²) in [5.41, 5.74) is 0.301. The lowest BCUT2D eigenvalue weighted by atomic mass is 10.1. The van der Waals surface area contributed by atoms with Crippen molar-refractivity contribution in [2.24, 2.45) is 0 Å². The third kappa shape index (κ3) is 5.93. The fourth-order valence-corrected chi connectivity index (χ4v) is 2.15. The van der Waals surface area contributed by atoms with Crippen LogP contribution in [-0.2, 0) is 14.3 Å². The summed E-state index contributed by atoms with van der Waals surface area (Å²) in [7, 11) is -3.69. The van der Waals surface area contributed by atoms with Gasteiger partial charge in [-0.15, -0.1) is 13.2 Å². The molecule has 0 aliphatic carbocycles. The first-order valence-electron chi connectivity index (χ1n) is 5.34. The molecule has 1 aromatic carbocycles. The average molecular weight is 298 g/mol. The number of ether oxygens (including phenoxy) is 1. The predicted octanol–water partition coefficient (Wildman–Crippen LogP) is 3.01.